The summed E-state index contributed by atoms with van der Waals surface area (Å²) in [6, 6.07) is 25.2. The quantitative estimate of drug-likeness (QED) is 0.251. The lowest BCUT2D eigenvalue weighted by molar-refractivity contribution is -0.123. The summed E-state index contributed by atoms with van der Waals surface area (Å²) in [7, 11) is 0. The Morgan fingerprint density at radius 3 is 2.54 bits per heavy atom. The van der Waals surface area contributed by atoms with Crippen molar-refractivity contribution in [2.45, 2.75) is 57.0 Å². The fourth-order valence-corrected chi connectivity index (χ4v) is 5.62. The number of rotatable bonds is 8. The molecule has 0 bridgehead atoms. The Morgan fingerprint density at radius 1 is 0.949 bits per heavy atom. The van der Waals surface area contributed by atoms with Crippen molar-refractivity contribution in [3.05, 3.63) is 101 Å². The Bertz CT molecular complexity index is 1650. The van der Waals surface area contributed by atoms with Gasteiger partial charge in [-0.3, -0.25) is 9.59 Å². The van der Waals surface area contributed by atoms with Gasteiger partial charge in [-0.2, -0.15) is 0 Å². The second-order valence-electron chi connectivity index (χ2n) is 10.4. The van der Waals surface area contributed by atoms with Crippen molar-refractivity contribution in [3.63, 3.8) is 0 Å². The number of carbonyl (C=O) groups excluding carboxylic acids is 1. The number of nitrogens with one attached hydrogen (secondary N) is 3. The van der Waals surface area contributed by atoms with E-state index in [0.717, 1.165) is 47.7 Å². The Labute approximate surface area is 227 Å². The van der Waals surface area contributed by atoms with Gasteiger partial charge < -0.3 is 15.7 Å². The lowest BCUT2D eigenvalue weighted by Gasteiger charge is -2.27. The number of fused-ring (bicyclic) bond motifs is 2. The van der Waals surface area contributed by atoms with Crippen LogP contribution in [0, 0.1) is 0 Å². The number of hydrogen-bond acceptors (Lipinski definition) is 4. The number of amides is 1. The molecule has 6 rings (SSSR count). The highest BCUT2D eigenvalue weighted by molar-refractivity contribution is 5.95. The molecule has 0 aliphatic heterocycles. The largest absolute Gasteiger partial charge is 0.360 e. The minimum absolute atomic E-state index is 0.0701. The van der Waals surface area contributed by atoms with Crippen molar-refractivity contribution in [1.82, 2.24) is 20.0 Å². The molecule has 2 aromatic heterocycles. The van der Waals surface area contributed by atoms with Crippen molar-refractivity contribution in [2.24, 2.45) is 0 Å². The van der Waals surface area contributed by atoms with Crippen LogP contribution in [0.25, 0.3) is 33.2 Å². The second kappa shape index (κ2) is 11.2. The molecule has 2 heterocycles. The van der Waals surface area contributed by atoms with Gasteiger partial charge in [0.2, 0.25) is 5.91 Å². The number of hydrogen-bond donors (Lipinski definition) is 3. The number of benzene rings is 3. The zero-order valence-corrected chi connectivity index (χ0v) is 21.9. The molecule has 5 aromatic rings. The van der Waals surface area contributed by atoms with Crippen LogP contribution in [0.1, 0.15) is 44.1 Å². The van der Waals surface area contributed by atoms with Gasteiger partial charge in [0.05, 0.1) is 11.0 Å². The first-order valence-electron chi connectivity index (χ1n) is 13.9. The maximum Gasteiger partial charge on any atom is 0.296 e. The van der Waals surface area contributed by atoms with Gasteiger partial charge in [0.25, 0.3) is 5.56 Å². The van der Waals surface area contributed by atoms with Crippen LogP contribution in [-0.2, 0) is 11.2 Å². The first-order chi connectivity index (χ1) is 19.2. The van der Waals surface area contributed by atoms with Gasteiger partial charge in [-0.25, -0.2) is 9.66 Å². The van der Waals surface area contributed by atoms with E-state index in [2.05, 4.69) is 27.9 Å². The molecule has 0 spiro atoms. The molecule has 0 radical (unpaired) electrons. The van der Waals surface area contributed by atoms with E-state index < -0.39 is 6.04 Å². The lowest BCUT2D eigenvalue weighted by Crippen LogP contribution is -2.49. The summed E-state index contributed by atoms with van der Waals surface area (Å²) in [5.74, 6) is -0.0701. The molecule has 3 aromatic carbocycles. The monoisotopic (exact) mass is 519 g/mol. The summed E-state index contributed by atoms with van der Waals surface area (Å²) in [4.78, 5) is 35.7. The number of para-hydroxylation sites is 3. The number of aromatic nitrogens is 3. The molecular formula is C32H33N5O2. The molecule has 198 valence electrons. The Balaban J connectivity index is 1.39. The molecule has 1 saturated carbocycles. The van der Waals surface area contributed by atoms with Crippen LogP contribution >= 0.6 is 0 Å². The molecule has 1 fully saturated rings. The highest BCUT2D eigenvalue weighted by atomic mass is 16.2. The van der Waals surface area contributed by atoms with E-state index in [4.69, 9.17) is 4.98 Å². The van der Waals surface area contributed by atoms with Gasteiger partial charge in [0.1, 0.15) is 11.7 Å². The van der Waals surface area contributed by atoms with Crippen molar-refractivity contribution < 1.29 is 4.79 Å². The summed E-state index contributed by atoms with van der Waals surface area (Å²) in [6.07, 6.45) is 8.58. The van der Waals surface area contributed by atoms with E-state index in [-0.39, 0.29) is 17.5 Å². The van der Waals surface area contributed by atoms with Crippen LogP contribution in [0.3, 0.4) is 0 Å². The molecule has 1 aliphatic rings. The molecule has 3 N–H and O–H groups in total. The third kappa shape index (κ3) is 5.30. The first-order valence-corrected chi connectivity index (χ1v) is 13.9. The smallest absolute Gasteiger partial charge is 0.296 e. The standard InChI is InChI=1S/C32H33N5O2/c38-31(34-23-13-5-2-6-14-23)28(20-19-22-11-3-1-4-12-22)36-37-29-18-10-9-17-27(29)35-30(32(37)39)25-21-33-26-16-8-7-15-24(25)26/h1,3-4,7-12,15-18,21,23,28,33,36H,2,5-6,13-14,19-20H2,(H,34,38). The molecule has 7 nitrogen and oxygen atoms in total. The summed E-state index contributed by atoms with van der Waals surface area (Å²) in [5, 5.41) is 4.20. The first kappa shape index (κ1) is 24.9. The SMILES string of the molecule is O=C(NC1CCCCC1)C(CCc1ccccc1)Nn1c(=O)c(-c2c[nH]c3ccccc23)nc2ccccc21. The van der Waals surface area contributed by atoms with Gasteiger partial charge in [-0.05, 0) is 49.4 Å². The van der Waals surface area contributed by atoms with E-state index in [0.29, 0.717) is 29.6 Å². The number of carbonyl (C=O) groups is 1. The molecule has 39 heavy (non-hydrogen) atoms. The maximum atomic E-state index is 14.0. The Hall–Kier alpha value is -4.39. The third-order valence-electron chi connectivity index (χ3n) is 7.72. The van der Waals surface area contributed by atoms with Crippen LogP contribution < -0.4 is 16.3 Å². The van der Waals surface area contributed by atoms with Gasteiger partial charge in [0, 0.05) is 28.7 Å². The van der Waals surface area contributed by atoms with Gasteiger partial charge in [-0.15, -0.1) is 0 Å². The number of aromatic amines is 1. The predicted octanol–water partition coefficient (Wildman–Crippen LogP) is 5.54. The average Bonchev–Trinajstić information content (AvgIpc) is 3.41. The Morgan fingerprint density at radius 2 is 1.69 bits per heavy atom. The zero-order chi connectivity index (χ0) is 26.6. The van der Waals surface area contributed by atoms with Gasteiger partial charge in [0.15, 0.2) is 0 Å². The van der Waals surface area contributed by atoms with Gasteiger partial charge >= 0.3 is 0 Å². The molecule has 0 saturated heterocycles. The molecule has 1 aliphatic carbocycles. The van der Waals surface area contributed by atoms with Crippen LogP contribution in [0.2, 0.25) is 0 Å². The highest BCUT2D eigenvalue weighted by Gasteiger charge is 2.25. The minimum atomic E-state index is -0.591. The van der Waals surface area contributed by atoms with Crippen molar-refractivity contribution in [2.75, 3.05) is 5.43 Å². The van der Waals surface area contributed by atoms with Crippen LogP contribution in [-0.4, -0.2) is 32.6 Å². The molecule has 1 amide bonds. The summed E-state index contributed by atoms with van der Waals surface area (Å²) < 4.78 is 1.52. The van der Waals surface area contributed by atoms with Crippen LogP contribution in [0.15, 0.2) is 89.9 Å². The van der Waals surface area contributed by atoms with Crippen molar-refractivity contribution in [3.8, 4) is 11.3 Å². The van der Waals surface area contributed by atoms with Crippen molar-refractivity contribution >= 4 is 27.8 Å². The van der Waals surface area contributed by atoms with E-state index in [1.165, 1.54) is 11.1 Å². The minimum Gasteiger partial charge on any atom is -0.360 e. The third-order valence-corrected chi connectivity index (χ3v) is 7.72. The fourth-order valence-electron chi connectivity index (χ4n) is 5.62. The van der Waals surface area contributed by atoms with E-state index in [1.54, 1.807) is 0 Å². The predicted molar refractivity (Wildman–Crippen MR) is 156 cm³/mol. The molecular weight excluding hydrogens is 486 g/mol. The summed E-state index contributed by atoms with van der Waals surface area (Å²) in [5.41, 5.74) is 7.55. The normalized spacial score (nSPS) is 14.9. The molecule has 1 unspecified atom stereocenters. The van der Waals surface area contributed by atoms with Gasteiger partial charge in [-0.1, -0.05) is 79.9 Å². The highest BCUT2D eigenvalue weighted by Crippen LogP contribution is 2.26. The van der Waals surface area contributed by atoms with Crippen molar-refractivity contribution in [1.29, 1.82) is 0 Å². The lowest BCUT2D eigenvalue weighted by atomic mass is 9.95. The van der Waals surface area contributed by atoms with E-state index in [9.17, 15) is 9.59 Å². The Kier molecular flexibility index (Phi) is 7.13. The second-order valence-corrected chi connectivity index (χ2v) is 10.4. The summed E-state index contributed by atoms with van der Waals surface area (Å²) >= 11 is 0. The number of aryl methyl sites for hydroxylation is 1. The van der Waals surface area contributed by atoms with Crippen LogP contribution in [0.5, 0.6) is 0 Å². The molecule has 7 heteroatoms. The van der Waals surface area contributed by atoms with E-state index >= 15 is 0 Å². The number of H-pyrrole nitrogens is 1. The fraction of sp³-hybridized carbons (Fsp3) is 0.281. The van der Waals surface area contributed by atoms with Crippen LogP contribution in [0.4, 0.5) is 0 Å². The molecule has 1 atom stereocenters. The number of nitrogens with zero attached hydrogens (tertiary/aromatic N) is 2. The topological polar surface area (TPSA) is 91.8 Å². The summed E-state index contributed by atoms with van der Waals surface area (Å²) in [6.45, 7) is 0. The average molecular weight is 520 g/mol. The maximum absolute atomic E-state index is 14.0. The van der Waals surface area contributed by atoms with E-state index in [1.807, 2.05) is 72.9 Å². The zero-order valence-electron chi connectivity index (χ0n) is 21.9.